The summed E-state index contributed by atoms with van der Waals surface area (Å²) in [5.41, 5.74) is 1.65. The molecule has 1 aromatic rings. The highest BCUT2D eigenvalue weighted by atomic mass is 127. The Morgan fingerprint density at radius 2 is 2.00 bits per heavy atom. The van der Waals surface area contributed by atoms with E-state index in [0.717, 1.165) is 58.2 Å². The third-order valence-electron chi connectivity index (χ3n) is 6.56. The number of nitrogens with one attached hydrogen (secondary N) is 1. The summed E-state index contributed by atoms with van der Waals surface area (Å²) in [6.07, 6.45) is 5.87. The molecule has 3 aliphatic rings. The number of hydrogen-bond acceptors (Lipinski definition) is 2. The van der Waals surface area contributed by atoms with Crippen molar-refractivity contribution in [3.05, 3.63) is 35.6 Å². The van der Waals surface area contributed by atoms with Crippen LogP contribution in [0.1, 0.15) is 44.6 Å². The van der Waals surface area contributed by atoms with Crippen LogP contribution in [0, 0.1) is 11.2 Å². The average Bonchev–Trinajstić information content (AvgIpc) is 3.24. The maximum Gasteiger partial charge on any atom is 0.193 e. The number of rotatable bonds is 4. The van der Waals surface area contributed by atoms with Gasteiger partial charge in [-0.1, -0.05) is 18.6 Å². The van der Waals surface area contributed by atoms with E-state index in [-0.39, 0.29) is 35.2 Å². The summed E-state index contributed by atoms with van der Waals surface area (Å²) in [4.78, 5) is 7.45. The van der Waals surface area contributed by atoms with Gasteiger partial charge in [0, 0.05) is 37.1 Å². The summed E-state index contributed by atoms with van der Waals surface area (Å²) in [6.45, 7) is 7.67. The smallest absolute Gasteiger partial charge is 0.193 e. The number of nitrogens with zero attached hydrogens (tertiary/aromatic N) is 2. The fourth-order valence-electron chi connectivity index (χ4n) is 4.68. The number of ether oxygens (including phenoxy) is 1. The van der Waals surface area contributed by atoms with Gasteiger partial charge in [-0.15, -0.1) is 24.0 Å². The van der Waals surface area contributed by atoms with E-state index in [1.54, 1.807) is 12.1 Å². The molecule has 1 aliphatic carbocycles. The van der Waals surface area contributed by atoms with Crippen molar-refractivity contribution in [2.24, 2.45) is 10.4 Å². The van der Waals surface area contributed by atoms with Crippen molar-refractivity contribution in [2.75, 3.05) is 39.4 Å². The summed E-state index contributed by atoms with van der Waals surface area (Å²) in [7, 11) is 0. The van der Waals surface area contributed by atoms with Crippen molar-refractivity contribution in [2.45, 2.75) is 44.4 Å². The Labute approximate surface area is 179 Å². The average molecular weight is 487 g/mol. The van der Waals surface area contributed by atoms with Crippen molar-refractivity contribution in [3.63, 3.8) is 0 Å². The first kappa shape index (κ1) is 20.8. The molecule has 2 heterocycles. The molecule has 6 heteroatoms. The molecule has 0 amide bonds. The number of likely N-dealkylation sites (tertiary alicyclic amines) is 1. The first-order valence-corrected chi connectivity index (χ1v) is 10.0. The van der Waals surface area contributed by atoms with Gasteiger partial charge in [0.2, 0.25) is 0 Å². The van der Waals surface area contributed by atoms with Crippen molar-refractivity contribution < 1.29 is 9.13 Å². The number of hydrogen-bond donors (Lipinski definition) is 1. The highest BCUT2D eigenvalue weighted by Gasteiger charge is 2.43. The first-order valence-electron chi connectivity index (χ1n) is 10.0. The molecule has 4 nitrogen and oxygen atoms in total. The minimum atomic E-state index is -0.166. The van der Waals surface area contributed by atoms with E-state index in [4.69, 9.17) is 9.73 Å². The fraction of sp³-hybridized carbons (Fsp3) is 0.667. The molecule has 0 radical (unpaired) electrons. The second-order valence-electron chi connectivity index (χ2n) is 8.29. The van der Waals surface area contributed by atoms with Crippen LogP contribution in [-0.2, 0) is 10.2 Å². The van der Waals surface area contributed by atoms with Crippen LogP contribution in [0.5, 0.6) is 0 Å². The standard InChI is InChI=1S/C21H30FN3O.HI/c1-2-23-19(25-12-10-20(15-25)11-13-26-16-20)24-14-21(8-3-9-21)17-4-6-18(22)7-5-17;/h4-7H,2-3,8-16H2,1H3,(H,23,24);1H. The normalized spacial score (nSPS) is 26.7. The van der Waals surface area contributed by atoms with Gasteiger partial charge in [0.1, 0.15) is 5.82 Å². The zero-order valence-electron chi connectivity index (χ0n) is 16.2. The molecule has 0 aromatic heterocycles. The van der Waals surface area contributed by atoms with E-state index >= 15 is 0 Å². The summed E-state index contributed by atoms with van der Waals surface area (Å²) in [6, 6.07) is 7.04. The van der Waals surface area contributed by atoms with Gasteiger partial charge in [0.05, 0.1) is 13.2 Å². The van der Waals surface area contributed by atoms with Gasteiger partial charge < -0.3 is 15.0 Å². The molecule has 1 N–H and O–H groups in total. The van der Waals surface area contributed by atoms with Crippen molar-refractivity contribution >= 4 is 29.9 Å². The third kappa shape index (κ3) is 4.26. The summed E-state index contributed by atoms with van der Waals surface area (Å²) in [5.74, 6) is 0.867. The third-order valence-corrected chi connectivity index (χ3v) is 6.56. The zero-order chi connectivity index (χ0) is 18.0. The molecule has 2 saturated heterocycles. The van der Waals surface area contributed by atoms with Crippen LogP contribution < -0.4 is 5.32 Å². The predicted octanol–water partition coefficient (Wildman–Crippen LogP) is 3.94. The van der Waals surface area contributed by atoms with Crippen LogP contribution in [0.2, 0.25) is 0 Å². The summed E-state index contributed by atoms with van der Waals surface area (Å²) < 4.78 is 19.0. The van der Waals surface area contributed by atoms with E-state index < -0.39 is 0 Å². The number of benzene rings is 1. The maximum absolute atomic E-state index is 13.3. The van der Waals surface area contributed by atoms with Crippen LogP contribution in [0.4, 0.5) is 4.39 Å². The zero-order valence-corrected chi connectivity index (χ0v) is 18.5. The minimum Gasteiger partial charge on any atom is -0.381 e. The van der Waals surface area contributed by atoms with Gasteiger partial charge in [0.15, 0.2) is 5.96 Å². The molecular formula is C21H31FIN3O. The van der Waals surface area contributed by atoms with E-state index in [2.05, 4.69) is 17.1 Å². The first-order chi connectivity index (χ1) is 12.6. The largest absolute Gasteiger partial charge is 0.381 e. The van der Waals surface area contributed by atoms with Gasteiger partial charge in [-0.05, 0) is 50.3 Å². The van der Waals surface area contributed by atoms with E-state index in [9.17, 15) is 4.39 Å². The molecule has 1 saturated carbocycles. The molecule has 27 heavy (non-hydrogen) atoms. The van der Waals surface area contributed by atoms with Crippen molar-refractivity contribution in [1.82, 2.24) is 10.2 Å². The molecule has 1 atom stereocenters. The Balaban J connectivity index is 0.00000210. The molecule has 2 aliphatic heterocycles. The second-order valence-corrected chi connectivity index (χ2v) is 8.29. The minimum absolute atomic E-state index is 0. The van der Waals surface area contributed by atoms with Crippen LogP contribution in [0.15, 0.2) is 29.3 Å². The number of guanidine groups is 1. The lowest BCUT2D eigenvalue weighted by Gasteiger charge is -2.41. The lowest BCUT2D eigenvalue weighted by atomic mass is 9.64. The number of aliphatic imine (C=N–C) groups is 1. The molecule has 4 rings (SSSR count). The molecule has 1 spiro atoms. The Hall–Kier alpha value is -0.890. The lowest BCUT2D eigenvalue weighted by molar-refractivity contribution is 0.156. The fourth-order valence-corrected chi connectivity index (χ4v) is 4.68. The summed E-state index contributed by atoms with van der Waals surface area (Å²) in [5, 5.41) is 3.49. The highest BCUT2D eigenvalue weighted by Crippen LogP contribution is 2.44. The van der Waals surface area contributed by atoms with Crippen molar-refractivity contribution in [3.8, 4) is 0 Å². The van der Waals surface area contributed by atoms with Crippen LogP contribution in [-0.4, -0.2) is 50.3 Å². The quantitative estimate of drug-likeness (QED) is 0.397. The van der Waals surface area contributed by atoms with E-state index in [0.29, 0.717) is 5.41 Å². The van der Waals surface area contributed by atoms with Gasteiger partial charge in [-0.25, -0.2) is 4.39 Å². The van der Waals surface area contributed by atoms with Gasteiger partial charge >= 0.3 is 0 Å². The second kappa shape index (κ2) is 8.64. The van der Waals surface area contributed by atoms with Crippen LogP contribution >= 0.6 is 24.0 Å². The molecule has 150 valence electrons. The van der Waals surface area contributed by atoms with Crippen LogP contribution in [0.3, 0.4) is 0 Å². The SMILES string of the molecule is CCNC(=NCC1(c2ccc(F)cc2)CCC1)N1CCC2(CCOC2)C1.I. The summed E-state index contributed by atoms with van der Waals surface area (Å²) >= 11 is 0. The van der Waals surface area contributed by atoms with E-state index in [1.165, 1.54) is 24.8 Å². The molecule has 1 unspecified atom stereocenters. The van der Waals surface area contributed by atoms with Gasteiger partial charge in [-0.2, -0.15) is 0 Å². The topological polar surface area (TPSA) is 36.9 Å². The van der Waals surface area contributed by atoms with Gasteiger partial charge in [-0.3, -0.25) is 4.99 Å². The Morgan fingerprint density at radius 3 is 2.59 bits per heavy atom. The molecular weight excluding hydrogens is 456 g/mol. The Kier molecular flexibility index (Phi) is 6.66. The molecule has 0 bridgehead atoms. The predicted molar refractivity (Wildman–Crippen MR) is 117 cm³/mol. The number of halogens is 2. The van der Waals surface area contributed by atoms with Crippen LogP contribution in [0.25, 0.3) is 0 Å². The lowest BCUT2D eigenvalue weighted by Crippen LogP contribution is -2.44. The van der Waals surface area contributed by atoms with E-state index in [1.807, 2.05) is 12.1 Å². The Morgan fingerprint density at radius 1 is 1.22 bits per heavy atom. The van der Waals surface area contributed by atoms with Gasteiger partial charge in [0.25, 0.3) is 0 Å². The molecule has 3 fully saturated rings. The van der Waals surface area contributed by atoms with Crippen molar-refractivity contribution in [1.29, 1.82) is 0 Å². The maximum atomic E-state index is 13.3. The monoisotopic (exact) mass is 487 g/mol. The Bertz CT molecular complexity index is 654. The highest BCUT2D eigenvalue weighted by molar-refractivity contribution is 14.0. The molecule has 1 aromatic carbocycles.